The normalized spacial score (nSPS) is 32.5. The van der Waals surface area contributed by atoms with E-state index < -0.39 is 0 Å². The average Bonchev–Trinajstić information content (AvgIpc) is 2.68. The Morgan fingerprint density at radius 3 is 2.38 bits per heavy atom. The van der Waals surface area contributed by atoms with Crippen molar-refractivity contribution in [2.24, 2.45) is 17.8 Å². The lowest BCUT2D eigenvalue weighted by Crippen LogP contribution is -2.37. The molecule has 0 aromatic heterocycles. The Morgan fingerprint density at radius 1 is 0.846 bits per heavy atom. The second kappa shape index (κ2) is 9.72. The molecule has 4 atom stereocenters. The number of carbonyl (C=O) groups is 2. The Bertz CT molecular complexity index is 471. The van der Waals surface area contributed by atoms with Gasteiger partial charge in [-0.05, 0) is 63.2 Å². The molecule has 4 unspecified atom stereocenters. The molecular weight excluding hydrogens is 332 g/mol. The number of ether oxygens (including phenoxy) is 3. The highest BCUT2D eigenvalue weighted by molar-refractivity contribution is 5.72. The van der Waals surface area contributed by atoms with Crippen LogP contribution in [0.2, 0.25) is 0 Å². The molecule has 0 radical (unpaired) electrons. The SMILES string of the molecule is CCC(=O)OC1CCC2CCC(C(=O)OCOC3CCCCC3)CC2C1. The van der Waals surface area contributed by atoms with Crippen LogP contribution < -0.4 is 0 Å². The number of rotatable bonds is 6. The maximum Gasteiger partial charge on any atom is 0.311 e. The highest BCUT2D eigenvalue weighted by Gasteiger charge is 2.39. The fourth-order valence-corrected chi connectivity index (χ4v) is 4.98. The van der Waals surface area contributed by atoms with Gasteiger partial charge in [-0.1, -0.05) is 26.2 Å². The van der Waals surface area contributed by atoms with Crippen LogP contribution in [0, 0.1) is 17.8 Å². The van der Waals surface area contributed by atoms with Gasteiger partial charge in [-0.3, -0.25) is 9.59 Å². The predicted molar refractivity (Wildman–Crippen MR) is 97.3 cm³/mol. The third-order valence-electron chi connectivity index (χ3n) is 6.54. The van der Waals surface area contributed by atoms with E-state index in [2.05, 4.69) is 0 Å². The first-order valence-corrected chi connectivity index (χ1v) is 10.6. The standard InChI is InChI=1S/C21H34O5/c1-2-20(22)26-19-11-10-15-8-9-16(12-17(15)13-19)21(23)25-14-24-18-6-4-3-5-7-18/h15-19H,2-14H2,1H3. The Balaban J connectivity index is 1.40. The zero-order valence-electron chi connectivity index (χ0n) is 16.1. The first-order valence-electron chi connectivity index (χ1n) is 10.6. The molecule has 3 aliphatic rings. The van der Waals surface area contributed by atoms with Crippen molar-refractivity contribution in [1.29, 1.82) is 0 Å². The minimum atomic E-state index is -0.111. The molecule has 0 amide bonds. The summed E-state index contributed by atoms with van der Waals surface area (Å²) in [5, 5.41) is 0. The summed E-state index contributed by atoms with van der Waals surface area (Å²) in [7, 11) is 0. The molecule has 0 spiro atoms. The van der Waals surface area contributed by atoms with Gasteiger partial charge >= 0.3 is 11.9 Å². The van der Waals surface area contributed by atoms with Crippen molar-refractivity contribution in [3.63, 3.8) is 0 Å². The molecule has 3 saturated carbocycles. The van der Waals surface area contributed by atoms with Gasteiger partial charge in [-0.2, -0.15) is 0 Å². The monoisotopic (exact) mass is 366 g/mol. The van der Waals surface area contributed by atoms with Gasteiger partial charge in [0.15, 0.2) is 6.79 Å². The van der Waals surface area contributed by atoms with Gasteiger partial charge in [-0.25, -0.2) is 0 Å². The van der Waals surface area contributed by atoms with E-state index in [0.717, 1.165) is 51.4 Å². The van der Waals surface area contributed by atoms with Crippen molar-refractivity contribution in [2.45, 2.75) is 96.2 Å². The van der Waals surface area contributed by atoms with Crippen molar-refractivity contribution in [3.8, 4) is 0 Å². The topological polar surface area (TPSA) is 61.8 Å². The molecule has 3 fully saturated rings. The van der Waals surface area contributed by atoms with E-state index in [0.29, 0.717) is 18.3 Å². The van der Waals surface area contributed by atoms with Crippen LogP contribution in [0.3, 0.4) is 0 Å². The first kappa shape index (κ1) is 19.7. The van der Waals surface area contributed by atoms with Crippen LogP contribution in [-0.4, -0.2) is 30.9 Å². The maximum absolute atomic E-state index is 12.4. The summed E-state index contributed by atoms with van der Waals surface area (Å²) >= 11 is 0. The van der Waals surface area contributed by atoms with Crippen molar-refractivity contribution in [1.82, 2.24) is 0 Å². The number of fused-ring (bicyclic) bond motifs is 1. The van der Waals surface area contributed by atoms with E-state index in [9.17, 15) is 9.59 Å². The highest BCUT2D eigenvalue weighted by Crippen LogP contribution is 2.43. The van der Waals surface area contributed by atoms with Crippen molar-refractivity contribution >= 4 is 11.9 Å². The minimum absolute atomic E-state index is 0.0215. The molecular formula is C21H34O5. The van der Waals surface area contributed by atoms with Gasteiger partial charge in [0, 0.05) is 6.42 Å². The molecule has 5 heteroatoms. The zero-order valence-corrected chi connectivity index (χ0v) is 16.1. The summed E-state index contributed by atoms with van der Waals surface area (Å²) in [5.41, 5.74) is 0. The van der Waals surface area contributed by atoms with Crippen LogP contribution in [0.1, 0.15) is 84.0 Å². The van der Waals surface area contributed by atoms with Crippen LogP contribution >= 0.6 is 0 Å². The van der Waals surface area contributed by atoms with E-state index in [4.69, 9.17) is 14.2 Å². The Kier molecular flexibility index (Phi) is 7.35. The van der Waals surface area contributed by atoms with Crippen LogP contribution in [0.25, 0.3) is 0 Å². The minimum Gasteiger partial charge on any atom is -0.462 e. The van der Waals surface area contributed by atoms with E-state index in [1.807, 2.05) is 6.92 Å². The third kappa shape index (κ3) is 5.45. The van der Waals surface area contributed by atoms with Crippen molar-refractivity contribution in [2.75, 3.05) is 6.79 Å². The average molecular weight is 366 g/mol. The Hall–Kier alpha value is -1.10. The summed E-state index contributed by atoms with van der Waals surface area (Å²) in [4.78, 5) is 24.0. The number of hydrogen-bond donors (Lipinski definition) is 0. The Morgan fingerprint density at radius 2 is 1.62 bits per heavy atom. The molecule has 0 aliphatic heterocycles. The smallest absolute Gasteiger partial charge is 0.311 e. The molecule has 148 valence electrons. The highest BCUT2D eigenvalue weighted by atomic mass is 16.7. The number of esters is 2. The summed E-state index contributed by atoms with van der Waals surface area (Å²) in [6.45, 7) is 1.93. The van der Waals surface area contributed by atoms with E-state index >= 15 is 0 Å². The van der Waals surface area contributed by atoms with Crippen LogP contribution in [0.4, 0.5) is 0 Å². The number of hydrogen-bond acceptors (Lipinski definition) is 5. The first-order chi connectivity index (χ1) is 12.7. The summed E-state index contributed by atoms with van der Waals surface area (Å²) < 4.78 is 16.7. The molecule has 3 rings (SSSR count). The number of carbonyl (C=O) groups excluding carboxylic acids is 2. The second-order valence-corrected chi connectivity index (χ2v) is 8.32. The lowest BCUT2D eigenvalue weighted by Gasteiger charge is -2.41. The van der Waals surface area contributed by atoms with Gasteiger partial charge in [0.2, 0.25) is 0 Å². The summed E-state index contributed by atoms with van der Waals surface area (Å²) in [5.74, 6) is 0.914. The van der Waals surface area contributed by atoms with Crippen LogP contribution in [0.15, 0.2) is 0 Å². The quantitative estimate of drug-likeness (QED) is 0.516. The molecule has 3 aliphatic carbocycles. The van der Waals surface area contributed by atoms with E-state index in [-0.39, 0.29) is 36.9 Å². The van der Waals surface area contributed by atoms with Gasteiger partial charge < -0.3 is 14.2 Å². The molecule has 0 aromatic rings. The molecule has 5 nitrogen and oxygen atoms in total. The molecule has 0 aromatic carbocycles. The van der Waals surface area contributed by atoms with Gasteiger partial charge in [0.25, 0.3) is 0 Å². The molecule has 0 heterocycles. The largest absolute Gasteiger partial charge is 0.462 e. The van der Waals surface area contributed by atoms with Gasteiger partial charge in [-0.15, -0.1) is 0 Å². The predicted octanol–water partition coefficient (Wildman–Crippen LogP) is 4.37. The third-order valence-corrected chi connectivity index (χ3v) is 6.54. The van der Waals surface area contributed by atoms with E-state index in [1.165, 1.54) is 19.3 Å². The van der Waals surface area contributed by atoms with Gasteiger partial charge in [0.1, 0.15) is 6.10 Å². The molecule has 26 heavy (non-hydrogen) atoms. The van der Waals surface area contributed by atoms with E-state index in [1.54, 1.807) is 0 Å². The lowest BCUT2D eigenvalue weighted by molar-refractivity contribution is -0.170. The fraction of sp³-hybridized carbons (Fsp3) is 0.905. The fourth-order valence-electron chi connectivity index (χ4n) is 4.98. The molecule has 0 N–H and O–H groups in total. The summed E-state index contributed by atoms with van der Waals surface area (Å²) in [6.07, 6.45) is 12.5. The molecule has 0 saturated heterocycles. The summed E-state index contributed by atoms with van der Waals surface area (Å²) in [6, 6.07) is 0. The van der Waals surface area contributed by atoms with Crippen LogP contribution in [0.5, 0.6) is 0 Å². The van der Waals surface area contributed by atoms with Crippen molar-refractivity contribution in [3.05, 3.63) is 0 Å². The zero-order chi connectivity index (χ0) is 18.4. The maximum atomic E-state index is 12.4. The lowest BCUT2D eigenvalue weighted by atomic mass is 9.67. The molecule has 0 bridgehead atoms. The Labute approximate surface area is 157 Å². The second-order valence-electron chi connectivity index (χ2n) is 8.32. The van der Waals surface area contributed by atoms with Crippen LogP contribution in [-0.2, 0) is 23.8 Å². The van der Waals surface area contributed by atoms with Gasteiger partial charge in [0.05, 0.1) is 12.0 Å². The van der Waals surface area contributed by atoms with Crippen molar-refractivity contribution < 1.29 is 23.8 Å².